The topological polar surface area (TPSA) is 89.0 Å². The Hall–Kier alpha value is -3.84. The molecule has 7 nitrogen and oxygen atoms in total. The van der Waals surface area contributed by atoms with Gasteiger partial charge in [-0.1, -0.05) is 23.7 Å². The van der Waals surface area contributed by atoms with Gasteiger partial charge in [0, 0.05) is 10.6 Å². The first-order valence-corrected chi connectivity index (χ1v) is 10.1. The molecule has 0 radical (unpaired) electrons. The number of benzene rings is 3. The van der Waals surface area contributed by atoms with E-state index in [0.717, 1.165) is 11.1 Å². The van der Waals surface area contributed by atoms with Crippen LogP contribution in [0.2, 0.25) is 5.02 Å². The fourth-order valence-electron chi connectivity index (χ4n) is 2.62. The highest BCUT2D eigenvalue weighted by Gasteiger charge is 2.07. The molecular formula is C24H22ClN3O4. The third kappa shape index (κ3) is 7.14. The van der Waals surface area contributed by atoms with Gasteiger partial charge in [0.25, 0.3) is 11.8 Å². The van der Waals surface area contributed by atoms with Gasteiger partial charge in [0.1, 0.15) is 18.1 Å². The summed E-state index contributed by atoms with van der Waals surface area (Å²) in [6, 6.07) is 21.3. The molecule has 0 bridgehead atoms. The van der Waals surface area contributed by atoms with Crippen LogP contribution in [0.3, 0.4) is 0 Å². The van der Waals surface area contributed by atoms with Gasteiger partial charge in [0.15, 0.2) is 0 Å². The SMILES string of the molecule is COc1ccc(C(=O)NCC(=O)N/N=C/c2ccc(OCc3ccc(Cl)cc3)cc2)cc1. The summed E-state index contributed by atoms with van der Waals surface area (Å²) in [6.45, 7) is 0.239. The average Bonchev–Trinajstić information content (AvgIpc) is 2.83. The number of hydrogen-bond donors (Lipinski definition) is 2. The Morgan fingerprint density at radius 3 is 2.25 bits per heavy atom. The Morgan fingerprint density at radius 2 is 1.59 bits per heavy atom. The van der Waals surface area contributed by atoms with Crippen molar-refractivity contribution in [3.8, 4) is 11.5 Å². The third-order valence-electron chi connectivity index (χ3n) is 4.36. The van der Waals surface area contributed by atoms with Gasteiger partial charge in [-0.05, 0) is 71.8 Å². The van der Waals surface area contributed by atoms with Crippen LogP contribution in [0.4, 0.5) is 0 Å². The van der Waals surface area contributed by atoms with Crippen molar-refractivity contribution in [3.63, 3.8) is 0 Å². The van der Waals surface area contributed by atoms with Crippen molar-refractivity contribution in [3.05, 3.63) is 94.5 Å². The lowest BCUT2D eigenvalue weighted by Gasteiger charge is -2.07. The molecule has 0 aliphatic rings. The minimum atomic E-state index is -0.439. The number of hydrogen-bond acceptors (Lipinski definition) is 5. The lowest BCUT2D eigenvalue weighted by molar-refractivity contribution is -0.120. The van der Waals surface area contributed by atoms with Crippen molar-refractivity contribution in [2.75, 3.05) is 13.7 Å². The molecule has 0 saturated heterocycles. The maximum Gasteiger partial charge on any atom is 0.259 e. The van der Waals surface area contributed by atoms with Gasteiger partial charge < -0.3 is 14.8 Å². The van der Waals surface area contributed by atoms with E-state index in [1.54, 1.807) is 31.4 Å². The summed E-state index contributed by atoms with van der Waals surface area (Å²) in [5.74, 6) is 0.559. The normalized spacial score (nSPS) is 10.6. The number of rotatable bonds is 9. The van der Waals surface area contributed by atoms with Crippen LogP contribution >= 0.6 is 11.6 Å². The number of carbonyl (C=O) groups excluding carboxylic acids is 2. The van der Waals surface area contributed by atoms with Crippen molar-refractivity contribution in [1.29, 1.82) is 0 Å². The van der Waals surface area contributed by atoms with E-state index in [0.29, 0.717) is 28.7 Å². The molecule has 0 unspecified atom stereocenters. The molecule has 8 heteroatoms. The molecule has 0 fully saturated rings. The molecule has 164 valence electrons. The molecule has 0 aromatic heterocycles. The number of amides is 2. The molecule has 0 heterocycles. The quantitative estimate of drug-likeness (QED) is 0.382. The largest absolute Gasteiger partial charge is 0.497 e. The van der Waals surface area contributed by atoms with Gasteiger partial charge >= 0.3 is 0 Å². The fraction of sp³-hybridized carbons (Fsp3) is 0.125. The lowest BCUT2D eigenvalue weighted by atomic mass is 10.2. The Morgan fingerprint density at radius 1 is 0.938 bits per heavy atom. The number of nitrogens with one attached hydrogen (secondary N) is 2. The monoisotopic (exact) mass is 451 g/mol. The second-order valence-corrected chi connectivity index (χ2v) is 7.12. The molecule has 0 aliphatic carbocycles. The molecule has 3 aromatic carbocycles. The lowest BCUT2D eigenvalue weighted by Crippen LogP contribution is -2.34. The summed E-state index contributed by atoms with van der Waals surface area (Å²) in [5.41, 5.74) is 4.61. The van der Waals surface area contributed by atoms with Gasteiger partial charge in [-0.25, -0.2) is 5.43 Å². The van der Waals surface area contributed by atoms with Crippen LogP contribution in [0, 0.1) is 0 Å². The molecule has 32 heavy (non-hydrogen) atoms. The second kappa shape index (κ2) is 11.5. The minimum Gasteiger partial charge on any atom is -0.497 e. The van der Waals surface area contributed by atoms with Gasteiger partial charge in [-0.15, -0.1) is 0 Å². The maximum atomic E-state index is 12.0. The van der Waals surface area contributed by atoms with Crippen molar-refractivity contribution in [2.24, 2.45) is 5.10 Å². The zero-order valence-electron chi connectivity index (χ0n) is 17.4. The molecular weight excluding hydrogens is 430 g/mol. The standard InChI is InChI=1S/C24H22ClN3O4/c1-31-21-12-6-19(7-13-21)24(30)26-15-23(29)28-27-14-17-4-10-22(11-5-17)32-16-18-2-8-20(25)9-3-18/h2-14H,15-16H2,1H3,(H,26,30)(H,28,29)/b27-14+. The Kier molecular flexibility index (Phi) is 8.22. The highest BCUT2D eigenvalue weighted by molar-refractivity contribution is 6.30. The molecule has 3 rings (SSSR count). The van der Waals surface area contributed by atoms with E-state index in [9.17, 15) is 9.59 Å². The first kappa shape index (κ1) is 22.8. The van der Waals surface area contributed by atoms with Gasteiger partial charge in [0.2, 0.25) is 0 Å². The Bertz CT molecular complexity index is 1070. The summed E-state index contributed by atoms with van der Waals surface area (Å²) in [7, 11) is 1.55. The predicted octanol–water partition coefficient (Wildman–Crippen LogP) is 3.81. The van der Waals surface area contributed by atoms with Crippen LogP contribution in [0.5, 0.6) is 11.5 Å². The summed E-state index contributed by atoms with van der Waals surface area (Å²) in [5, 5.41) is 7.12. The van der Waals surface area contributed by atoms with E-state index in [2.05, 4.69) is 15.8 Å². The number of nitrogens with zero attached hydrogens (tertiary/aromatic N) is 1. The molecule has 0 spiro atoms. The predicted molar refractivity (Wildman–Crippen MR) is 123 cm³/mol. The summed E-state index contributed by atoms with van der Waals surface area (Å²) < 4.78 is 10.8. The zero-order chi connectivity index (χ0) is 22.8. The Balaban J connectivity index is 1.40. The van der Waals surface area contributed by atoms with E-state index >= 15 is 0 Å². The average molecular weight is 452 g/mol. The van der Waals surface area contributed by atoms with Crippen LogP contribution in [0.25, 0.3) is 0 Å². The Labute approximate surface area is 191 Å². The number of hydrazone groups is 1. The molecule has 2 N–H and O–H groups in total. The van der Waals surface area contributed by atoms with Crippen molar-refractivity contribution in [1.82, 2.24) is 10.7 Å². The summed E-state index contributed by atoms with van der Waals surface area (Å²) in [4.78, 5) is 23.9. The highest BCUT2D eigenvalue weighted by atomic mass is 35.5. The molecule has 0 saturated carbocycles. The number of halogens is 1. The van der Waals surface area contributed by atoms with Gasteiger partial charge in [0.05, 0.1) is 19.9 Å². The fourth-order valence-corrected chi connectivity index (χ4v) is 2.75. The third-order valence-corrected chi connectivity index (χ3v) is 4.62. The molecule has 0 aliphatic heterocycles. The number of methoxy groups -OCH3 is 1. The molecule has 2 amide bonds. The number of carbonyl (C=O) groups is 2. The zero-order valence-corrected chi connectivity index (χ0v) is 18.1. The second-order valence-electron chi connectivity index (χ2n) is 6.69. The smallest absolute Gasteiger partial charge is 0.259 e. The van der Waals surface area contributed by atoms with Crippen molar-refractivity contribution in [2.45, 2.75) is 6.61 Å². The highest BCUT2D eigenvalue weighted by Crippen LogP contribution is 2.15. The number of ether oxygens (including phenoxy) is 2. The van der Waals surface area contributed by atoms with Gasteiger partial charge in [-0.2, -0.15) is 5.10 Å². The van der Waals surface area contributed by atoms with Crippen LogP contribution in [-0.4, -0.2) is 31.7 Å². The van der Waals surface area contributed by atoms with E-state index in [-0.39, 0.29) is 12.5 Å². The first-order valence-electron chi connectivity index (χ1n) is 9.75. The van der Waals surface area contributed by atoms with E-state index < -0.39 is 5.91 Å². The summed E-state index contributed by atoms with van der Waals surface area (Å²) in [6.07, 6.45) is 1.51. The minimum absolute atomic E-state index is 0.195. The van der Waals surface area contributed by atoms with Crippen LogP contribution in [-0.2, 0) is 11.4 Å². The van der Waals surface area contributed by atoms with Crippen LogP contribution in [0.1, 0.15) is 21.5 Å². The van der Waals surface area contributed by atoms with E-state index in [1.807, 2.05) is 48.5 Å². The first-order chi connectivity index (χ1) is 15.5. The van der Waals surface area contributed by atoms with Crippen molar-refractivity contribution >= 4 is 29.6 Å². The van der Waals surface area contributed by atoms with E-state index in [1.165, 1.54) is 6.21 Å². The molecule has 3 aromatic rings. The maximum absolute atomic E-state index is 12.0. The van der Waals surface area contributed by atoms with Gasteiger partial charge in [-0.3, -0.25) is 9.59 Å². The van der Waals surface area contributed by atoms with E-state index in [4.69, 9.17) is 21.1 Å². The van der Waals surface area contributed by atoms with Crippen LogP contribution in [0.15, 0.2) is 77.9 Å². The van der Waals surface area contributed by atoms with Crippen LogP contribution < -0.4 is 20.2 Å². The van der Waals surface area contributed by atoms with Crippen molar-refractivity contribution < 1.29 is 19.1 Å². The molecule has 0 atom stereocenters. The summed E-state index contributed by atoms with van der Waals surface area (Å²) >= 11 is 5.87.